The van der Waals surface area contributed by atoms with Crippen LogP contribution in [0.5, 0.6) is 0 Å². The van der Waals surface area contributed by atoms with E-state index in [9.17, 15) is 4.79 Å². The minimum Gasteiger partial charge on any atom is -0.316 e. The molecule has 0 spiro atoms. The predicted octanol–water partition coefficient (Wildman–Crippen LogP) is -0.197. The van der Waals surface area contributed by atoms with E-state index in [0.717, 1.165) is 25.3 Å². The van der Waals surface area contributed by atoms with Crippen LogP contribution in [0, 0.1) is 6.92 Å². The van der Waals surface area contributed by atoms with E-state index in [0.29, 0.717) is 17.4 Å². The van der Waals surface area contributed by atoms with Crippen molar-refractivity contribution < 1.29 is 0 Å². The second-order valence-electron chi connectivity index (χ2n) is 4.17. The van der Waals surface area contributed by atoms with Gasteiger partial charge >= 0.3 is 0 Å². The zero-order valence-corrected chi connectivity index (χ0v) is 9.03. The van der Waals surface area contributed by atoms with E-state index >= 15 is 0 Å². The Labute approximate surface area is 91.7 Å². The van der Waals surface area contributed by atoms with Gasteiger partial charge in [-0.25, -0.2) is 4.98 Å². The van der Waals surface area contributed by atoms with Gasteiger partial charge in [0.25, 0.3) is 11.3 Å². The van der Waals surface area contributed by atoms with E-state index in [1.165, 1.54) is 10.6 Å². The van der Waals surface area contributed by atoms with Gasteiger partial charge in [-0.05, 0) is 19.9 Å². The Morgan fingerprint density at radius 1 is 1.50 bits per heavy atom. The molecule has 1 unspecified atom stereocenters. The Morgan fingerprint density at radius 3 is 3.12 bits per heavy atom. The summed E-state index contributed by atoms with van der Waals surface area (Å²) in [5.74, 6) is 1.67. The summed E-state index contributed by atoms with van der Waals surface area (Å²) in [5.41, 5.74) is 0.597. The number of aryl methyl sites for hydroxylation is 1. The minimum atomic E-state index is -0.104. The monoisotopic (exact) mass is 219 g/mol. The molecular formula is C10H13N5O. The van der Waals surface area contributed by atoms with Crippen LogP contribution in [-0.4, -0.2) is 32.7 Å². The molecule has 0 amide bonds. The van der Waals surface area contributed by atoms with Gasteiger partial charge in [0.05, 0.1) is 0 Å². The standard InChI is InChI=1S/C10H13N5O/c1-6-4-8(16)15-10(12-6)13-9(14-15)7-2-3-11-5-7/h4,7,11H,2-3,5H2,1H3,(H,12,13,14). The molecule has 6 nitrogen and oxygen atoms in total. The first-order chi connectivity index (χ1) is 7.74. The fourth-order valence-corrected chi connectivity index (χ4v) is 2.08. The van der Waals surface area contributed by atoms with Crippen LogP contribution < -0.4 is 10.9 Å². The number of hydrogen-bond acceptors (Lipinski definition) is 4. The number of nitrogens with one attached hydrogen (secondary N) is 2. The molecule has 2 aromatic rings. The maximum atomic E-state index is 11.7. The number of aromatic amines is 1. The lowest BCUT2D eigenvalue weighted by Gasteiger charge is -2.00. The quantitative estimate of drug-likeness (QED) is 0.696. The van der Waals surface area contributed by atoms with Gasteiger partial charge in [-0.15, -0.1) is 0 Å². The van der Waals surface area contributed by atoms with Crippen LogP contribution in [0.4, 0.5) is 0 Å². The summed E-state index contributed by atoms with van der Waals surface area (Å²) < 4.78 is 1.40. The summed E-state index contributed by atoms with van der Waals surface area (Å²) in [4.78, 5) is 20.3. The molecule has 1 fully saturated rings. The van der Waals surface area contributed by atoms with Crippen LogP contribution in [0.2, 0.25) is 0 Å². The number of aromatic nitrogens is 4. The van der Waals surface area contributed by atoms with Crippen LogP contribution in [-0.2, 0) is 0 Å². The van der Waals surface area contributed by atoms with Gasteiger partial charge in [0, 0.05) is 24.2 Å². The third kappa shape index (κ3) is 1.42. The van der Waals surface area contributed by atoms with Crippen LogP contribution in [0.25, 0.3) is 5.78 Å². The SMILES string of the molecule is Cc1cc(=O)n2[nH]c(C3CCNC3)nc2n1. The molecule has 6 heteroatoms. The number of hydrogen-bond donors (Lipinski definition) is 2. The largest absolute Gasteiger partial charge is 0.316 e. The molecule has 2 N–H and O–H groups in total. The Hall–Kier alpha value is -1.69. The molecule has 3 rings (SSSR count). The lowest BCUT2D eigenvalue weighted by molar-refractivity contribution is 0.695. The molecule has 3 heterocycles. The highest BCUT2D eigenvalue weighted by Crippen LogP contribution is 2.18. The van der Waals surface area contributed by atoms with E-state index in [-0.39, 0.29) is 5.56 Å². The third-order valence-electron chi connectivity index (χ3n) is 2.92. The first-order valence-electron chi connectivity index (χ1n) is 5.41. The van der Waals surface area contributed by atoms with E-state index in [1.54, 1.807) is 6.92 Å². The summed E-state index contributed by atoms with van der Waals surface area (Å²) in [5, 5.41) is 6.30. The number of fused-ring (bicyclic) bond motifs is 1. The molecule has 1 aliphatic heterocycles. The van der Waals surface area contributed by atoms with Crippen molar-refractivity contribution >= 4 is 5.78 Å². The molecule has 0 bridgehead atoms. The van der Waals surface area contributed by atoms with Crippen LogP contribution in [0.15, 0.2) is 10.9 Å². The third-order valence-corrected chi connectivity index (χ3v) is 2.92. The van der Waals surface area contributed by atoms with Gasteiger partial charge in [-0.2, -0.15) is 9.50 Å². The zero-order valence-electron chi connectivity index (χ0n) is 9.03. The Kier molecular flexibility index (Phi) is 2.03. The Bertz CT molecular complexity index is 578. The second-order valence-corrected chi connectivity index (χ2v) is 4.17. The smallest absolute Gasteiger partial charge is 0.274 e. The molecule has 16 heavy (non-hydrogen) atoms. The number of nitrogens with zero attached hydrogens (tertiary/aromatic N) is 3. The molecule has 0 radical (unpaired) electrons. The first-order valence-corrected chi connectivity index (χ1v) is 5.41. The van der Waals surface area contributed by atoms with Crippen molar-refractivity contribution in [1.29, 1.82) is 0 Å². The zero-order chi connectivity index (χ0) is 11.1. The fourth-order valence-electron chi connectivity index (χ4n) is 2.08. The minimum absolute atomic E-state index is 0.104. The van der Waals surface area contributed by atoms with Crippen molar-refractivity contribution in [3.63, 3.8) is 0 Å². The lowest BCUT2D eigenvalue weighted by atomic mass is 10.1. The van der Waals surface area contributed by atoms with Crippen LogP contribution in [0.3, 0.4) is 0 Å². The number of rotatable bonds is 1. The van der Waals surface area contributed by atoms with Gasteiger partial charge < -0.3 is 5.32 Å². The topological polar surface area (TPSA) is 75.1 Å². The van der Waals surface area contributed by atoms with Crippen molar-refractivity contribution in [2.24, 2.45) is 0 Å². The molecule has 1 atom stereocenters. The van der Waals surface area contributed by atoms with E-state index in [2.05, 4.69) is 20.4 Å². The first kappa shape index (κ1) is 9.53. The van der Waals surface area contributed by atoms with Gasteiger partial charge in [0.1, 0.15) is 5.82 Å². The van der Waals surface area contributed by atoms with Gasteiger partial charge in [0.2, 0.25) is 0 Å². The predicted molar refractivity (Wildman–Crippen MR) is 58.6 cm³/mol. The van der Waals surface area contributed by atoms with E-state index in [4.69, 9.17) is 0 Å². The highest BCUT2D eigenvalue weighted by atomic mass is 16.1. The second kappa shape index (κ2) is 3.41. The highest BCUT2D eigenvalue weighted by Gasteiger charge is 2.20. The van der Waals surface area contributed by atoms with Crippen LogP contribution in [0.1, 0.15) is 23.9 Å². The van der Waals surface area contributed by atoms with Gasteiger partial charge in [0.15, 0.2) is 0 Å². The maximum absolute atomic E-state index is 11.7. The molecular weight excluding hydrogens is 206 g/mol. The fraction of sp³-hybridized carbons (Fsp3) is 0.500. The summed E-state index contributed by atoms with van der Waals surface area (Å²) >= 11 is 0. The van der Waals surface area contributed by atoms with Crippen molar-refractivity contribution in [1.82, 2.24) is 24.9 Å². The van der Waals surface area contributed by atoms with E-state index < -0.39 is 0 Å². The average molecular weight is 219 g/mol. The van der Waals surface area contributed by atoms with E-state index in [1.807, 2.05) is 0 Å². The molecule has 0 saturated carbocycles. The molecule has 0 aliphatic carbocycles. The molecule has 1 aliphatic rings. The summed E-state index contributed by atoms with van der Waals surface area (Å²) in [6.07, 6.45) is 1.05. The van der Waals surface area contributed by atoms with Crippen molar-refractivity contribution in [2.45, 2.75) is 19.3 Å². The average Bonchev–Trinajstić information content (AvgIpc) is 2.82. The molecule has 1 saturated heterocycles. The lowest BCUT2D eigenvalue weighted by Crippen LogP contribution is -2.15. The summed E-state index contributed by atoms with van der Waals surface area (Å²) in [7, 11) is 0. The Morgan fingerprint density at radius 2 is 2.38 bits per heavy atom. The highest BCUT2D eigenvalue weighted by molar-refractivity contribution is 5.28. The molecule has 84 valence electrons. The van der Waals surface area contributed by atoms with Crippen LogP contribution >= 0.6 is 0 Å². The summed E-state index contributed by atoms with van der Waals surface area (Å²) in [6.45, 7) is 3.71. The molecule has 2 aromatic heterocycles. The normalized spacial score (nSPS) is 20.7. The molecule has 0 aromatic carbocycles. The van der Waals surface area contributed by atoms with Crippen molar-refractivity contribution in [2.75, 3.05) is 13.1 Å². The maximum Gasteiger partial charge on any atom is 0.274 e. The van der Waals surface area contributed by atoms with Gasteiger partial charge in [-0.1, -0.05) is 0 Å². The van der Waals surface area contributed by atoms with Crippen molar-refractivity contribution in [3.8, 4) is 0 Å². The van der Waals surface area contributed by atoms with Crippen molar-refractivity contribution in [3.05, 3.63) is 27.9 Å². The van der Waals surface area contributed by atoms with Gasteiger partial charge in [-0.3, -0.25) is 9.89 Å². The summed E-state index contributed by atoms with van der Waals surface area (Å²) in [6, 6.07) is 1.50. The number of H-pyrrole nitrogens is 1. The Balaban J connectivity index is 2.15.